The zero-order chi connectivity index (χ0) is 11.4. The minimum absolute atomic E-state index is 0.719. The lowest BCUT2D eigenvalue weighted by atomic mass is 10.2. The van der Waals surface area contributed by atoms with Crippen LogP contribution in [0, 0.1) is 0 Å². The molecule has 16 heavy (non-hydrogen) atoms. The Morgan fingerprint density at radius 1 is 1.31 bits per heavy atom. The highest BCUT2D eigenvalue weighted by Crippen LogP contribution is 2.32. The van der Waals surface area contributed by atoms with E-state index < -0.39 is 0 Å². The minimum atomic E-state index is 0.719. The van der Waals surface area contributed by atoms with Crippen LogP contribution in [0.15, 0.2) is 30.4 Å². The first-order valence-electron chi connectivity index (χ1n) is 5.53. The van der Waals surface area contributed by atoms with Gasteiger partial charge in [0.1, 0.15) is 0 Å². The van der Waals surface area contributed by atoms with Crippen LogP contribution in [0.5, 0.6) is 11.5 Å². The standard InChI is InChI=1S/C13H17NO2/c1-10(2)9-14-11-4-5-12-13(8-11)16-7-3-6-15-12/h4-5,8,14H,1,3,6-7,9H2,2H3. The van der Waals surface area contributed by atoms with E-state index in [1.54, 1.807) is 0 Å². The van der Waals surface area contributed by atoms with Crippen molar-refractivity contribution in [2.75, 3.05) is 25.1 Å². The van der Waals surface area contributed by atoms with E-state index >= 15 is 0 Å². The van der Waals surface area contributed by atoms with Gasteiger partial charge in [0, 0.05) is 24.7 Å². The van der Waals surface area contributed by atoms with E-state index in [1.165, 1.54) is 0 Å². The molecule has 0 fully saturated rings. The molecule has 0 amide bonds. The highest BCUT2D eigenvalue weighted by Gasteiger charge is 2.10. The smallest absolute Gasteiger partial charge is 0.163 e. The normalized spacial score (nSPS) is 14.1. The summed E-state index contributed by atoms with van der Waals surface area (Å²) >= 11 is 0. The Balaban J connectivity index is 2.11. The minimum Gasteiger partial charge on any atom is -0.490 e. The van der Waals surface area contributed by atoms with E-state index in [0.29, 0.717) is 0 Å². The molecule has 0 unspecified atom stereocenters. The van der Waals surface area contributed by atoms with Gasteiger partial charge in [0.25, 0.3) is 0 Å². The topological polar surface area (TPSA) is 30.5 Å². The van der Waals surface area contributed by atoms with Gasteiger partial charge in [-0.05, 0) is 19.1 Å². The van der Waals surface area contributed by atoms with Gasteiger partial charge in [-0.2, -0.15) is 0 Å². The molecule has 0 atom stereocenters. The summed E-state index contributed by atoms with van der Waals surface area (Å²) in [5.74, 6) is 1.66. The fourth-order valence-corrected chi connectivity index (χ4v) is 1.53. The average Bonchev–Trinajstić information content (AvgIpc) is 2.50. The third-order valence-electron chi connectivity index (χ3n) is 2.34. The summed E-state index contributed by atoms with van der Waals surface area (Å²) in [5.41, 5.74) is 2.14. The van der Waals surface area contributed by atoms with E-state index in [1.807, 2.05) is 25.1 Å². The molecule has 1 N–H and O–H groups in total. The van der Waals surface area contributed by atoms with Crippen LogP contribution in [0.3, 0.4) is 0 Å². The second-order valence-corrected chi connectivity index (χ2v) is 4.02. The number of rotatable bonds is 3. The van der Waals surface area contributed by atoms with Crippen LogP contribution in [-0.4, -0.2) is 19.8 Å². The van der Waals surface area contributed by atoms with E-state index in [2.05, 4.69) is 11.9 Å². The van der Waals surface area contributed by atoms with Gasteiger partial charge in [0.15, 0.2) is 11.5 Å². The molecule has 0 aliphatic carbocycles. The summed E-state index contributed by atoms with van der Waals surface area (Å²) in [5, 5.41) is 3.28. The zero-order valence-electron chi connectivity index (χ0n) is 9.58. The van der Waals surface area contributed by atoms with Crippen molar-refractivity contribution in [3.8, 4) is 11.5 Å². The van der Waals surface area contributed by atoms with Crippen molar-refractivity contribution >= 4 is 5.69 Å². The average molecular weight is 219 g/mol. The molecule has 3 heteroatoms. The number of anilines is 1. The van der Waals surface area contributed by atoms with Gasteiger partial charge < -0.3 is 14.8 Å². The van der Waals surface area contributed by atoms with Gasteiger partial charge in [-0.25, -0.2) is 0 Å². The first kappa shape index (κ1) is 10.9. The van der Waals surface area contributed by atoms with Crippen LogP contribution >= 0.6 is 0 Å². The lowest BCUT2D eigenvalue weighted by molar-refractivity contribution is 0.297. The number of nitrogens with one attached hydrogen (secondary N) is 1. The van der Waals surface area contributed by atoms with Crippen LogP contribution < -0.4 is 14.8 Å². The molecule has 1 aliphatic rings. The molecule has 1 aliphatic heterocycles. The van der Waals surface area contributed by atoms with Gasteiger partial charge in [0.05, 0.1) is 13.2 Å². The molecule has 0 bridgehead atoms. The zero-order valence-corrected chi connectivity index (χ0v) is 9.58. The Bertz CT molecular complexity index is 388. The van der Waals surface area contributed by atoms with Gasteiger partial charge in [-0.15, -0.1) is 0 Å². The molecule has 3 nitrogen and oxygen atoms in total. The van der Waals surface area contributed by atoms with Crippen LogP contribution in [0.25, 0.3) is 0 Å². The number of hydrogen-bond donors (Lipinski definition) is 1. The molecular weight excluding hydrogens is 202 g/mol. The molecule has 0 saturated heterocycles. The maximum Gasteiger partial charge on any atom is 0.163 e. The van der Waals surface area contributed by atoms with Crippen molar-refractivity contribution in [2.24, 2.45) is 0 Å². The maximum absolute atomic E-state index is 5.61. The van der Waals surface area contributed by atoms with Crippen molar-refractivity contribution in [2.45, 2.75) is 13.3 Å². The van der Waals surface area contributed by atoms with Crippen LogP contribution in [-0.2, 0) is 0 Å². The monoisotopic (exact) mass is 219 g/mol. The van der Waals surface area contributed by atoms with E-state index in [4.69, 9.17) is 9.47 Å². The third-order valence-corrected chi connectivity index (χ3v) is 2.34. The second-order valence-electron chi connectivity index (χ2n) is 4.02. The van der Waals surface area contributed by atoms with Crippen molar-refractivity contribution in [1.29, 1.82) is 0 Å². The molecule has 86 valence electrons. The van der Waals surface area contributed by atoms with E-state index in [0.717, 1.165) is 48.9 Å². The second kappa shape index (κ2) is 4.92. The number of hydrogen-bond acceptors (Lipinski definition) is 3. The van der Waals surface area contributed by atoms with Crippen LogP contribution in [0.4, 0.5) is 5.69 Å². The summed E-state index contributed by atoms with van der Waals surface area (Å²) in [7, 11) is 0. The molecule has 0 aromatic heterocycles. The van der Waals surface area contributed by atoms with Crippen molar-refractivity contribution in [1.82, 2.24) is 0 Å². The van der Waals surface area contributed by atoms with Crippen molar-refractivity contribution in [3.05, 3.63) is 30.4 Å². The molecule has 0 saturated carbocycles. The number of benzene rings is 1. The van der Waals surface area contributed by atoms with Gasteiger partial charge in [0.2, 0.25) is 0 Å². The summed E-state index contributed by atoms with van der Waals surface area (Å²) in [6.45, 7) is 8.07. The Labute approximate surface area is 96.1 Å². The van der Waals surface area contributed by atoms with E-state index in [-0.39, 0.29) is 0 Å². The number of ether oxygens (including phenoxy) is 2. The number of fused-ring (bicyclic) bond motifs is 1. The SMILES string of the molecule is C=C(C)CNc1ccc2c(c1)OCCCO2. The van der Waals surface area contributed by atoms with Gasteiger partial charge in [-0.3, -0.25) is 0 Å². The quantitative estimate of drug-likeness (QED) is 0.793. The molecular formula is C13H17NO2. The predicted octanol–water partition coefficient (Wildman–Crippen LogP) is 2.84. The largest absolute Gasteiger partial charge is 0.490 e. The Kier molecular flexibility index (Phi) is 3.34. The lowest BCUT2D eigenvalue weighted by Gasteiger charge is -2.10. The fraction of sp³-hybridized carbons (Fsp3) is 0.385. The van der Waals surface area contributed by atoms with Crippen LogP contribution in [0.2, 0.25) is 0 Å². The van der Waals surface area contributed by atoms with Crippen LogP contribution in [0.1, 0.15) is 13.3 Å². The summed E-state index contributed by atoms with van der Waals surface area (Å²) in [4.78, 5) is 0. The van der Waals surface area contributed by atoms with Crippen molar-refractivity contribution in [3.63, 3.8) is 0 Å². The molecule has 2 rings (SSSR count). The predicted molar refractivity (Wildman–Crippen MR) is 65.4 cm³/mol. The summed E-state index contributed by atoms with van der Waals surface area (Å²) in [6, 6.07) is 5.92. The first-order valence-corrected chi connectivity index (χ1v) is 5.53. The first-order chi connectivity index (χ1) is 7.75. The molecule has 0 radical (unpaired) electrons. The molecule has 1 aromatic carbocycles. The summed E-state index contributed by atoms with van der Waals surface area (Å²) in [6.07, 6.45) is 0.934. The maximum atomic E-state index is 5.61. The third kappa shape index (κ3) is 2.69. The van der Waals surface area contributed by atoms with Gasteiger partial charge in [-0.1, -0.05) is 12.2 Å². The summed E-state index contributed by atoms with van der Waals surface area (Å²) < 4.78 is 11.2. The molecule has 0 spiro atoms. The molecule has 1 aromatic rings. The van der Waals surface area contributed by atoms with E-state index in [9.17, 15) is 0 Å². The Morgan fingerprint density at radius 2 is 2.06 bits per heavy atom. The molecule has 1 heterocycles. The highest BCUT2D eigenvalue weighted by atomic mass is 16.5. The van der Waals surface area contributed by atoms with Gasteiger partial charge >= 0.3 is 0 Å². The van der Waals surface area contributed by atoms with Crippen molar-refractivity contribution < 1.29 is 9.47 Å². The highest BCUT2D eigenvalue weighted by molar-refractivity contribution is 5.55. The lowest BCUT2D eigenvalue weighted by Crippen LogP contribution is -2.02. The fourth-order valence-electron chi connectivity index (χ4n) is 1.53. The Morgan fingerprint density at radius 3 is 2.81 bits per heavy atom. The Hall–Kier alpha value is -1.64.